The van der Waals surface area contributed by atoms with Crippen molar-refractivity contribution in [2.75, 3.05) is 7.11 Å². The van der Waals surface area contributed by atoms with Crippen LogP contribution in [-0.4, -0.2) is 13.1 Å². The van der Waals surface area contributed by atoms with Crippen molar-refractivity contribution in [1.82, 2.24) is 0 Å². The Hall–Kier alpha value is -1.87. The Morgan fingerprint density at radius 2 is 1.68 bits per heavy atom. The Bertz CT molecular complexity index is 793. The molecule has 0 bridgehead atoms. The van der Waals surface area contributed by atoms with Crippen molar-refractivity contribution in [3.63, 3.8) is 0 Å². The minimum Gasteiger partial charge on any atom is -0.465 e. The summed E-state index contributed by atoms with van der Waals surface area (Å²) in [6, 6.07) is 16.1. The highest BCUT2D eigenvalue weighted by Gasteiger charge is 2.13. The Kier molecular flexibility index (Phi) is 2.99. The van der Waals surface area contributed by atoms with Gasteiger partial charge in [0, 0.05) is 4.47 Å². The first kappa shape index (κ1) is 12.2. The lowest BCUT2D eigenvalue weighted by Crippen LogP contribution is -2.02. The van der Waals surface area contributed by atoms with Crippen molar-refractivity contribution in [2.45, 2.75) is 0 Å². The normalized spacial score (nSPS) is 10.8. The Morgan fingerprint density at radius 1 is 1.00 bits per heavy atom. The molecule has 0 aromatic heterocycles. The van der Waals surface area contributed by atoms with E-state index in [0.29, 0.717) is 5.56 Å². The molecular formula is C16H11BrO2. The highest BCUT2D eigenvalue weighted by Crippen LogP contribution is 2.31. The second kappa shape index (κ2) is 4.67. The van der Waals surface area contributed by atoms with Crippen LogP contribution >= 0.6 is 15.9 Å². The zero-order chi connectivity index (χ0) is 13.4. The Balaban J connectivity index is 2.36. The van der Waals surface area contributed by atoms with E-state index in [2.05, 4.69) is 40.2 Å². The third-order valence-electron chi connectivity index (χ3n) is 3.23. The Morgan fingerprint density at radius 3 is 2.37 bits per heavy atom. The molecule has 3 rings (SSSR count). The summed E-state index contributed by atoms with van der Waals surface area (Å²) in [4.78, 5) is 11.7. The maximum absolute atomic E-state index is 11.7. The van der Waals surface area contributed by atoms with E-state index in [-0.39, 0.29) is 5.97 Å². The first-order chi connectivity index (χ1) is 9.20. The smallest absolute Gasteiger partial charge is 0.339 e. The van der Waals surface area contributed by atoms with Crippen LogP contribution in [0, 0.1) is 0 Å². The number of esters is 1. The molecule has 0 fully saturated rings. The van der Waals surface area contributed by atoms with Gasteiger partial charge in [0.15, 0.2) is 0 Å². The number of benzene rings is 3. The second-order valence-electron chi connectivity index (χ2n) is 4.34. The van der Waals surface area contributed by atoms with Crippen molar-refractivity contribution in [1.29, 1.82) is 0 Å². The summed E-state index contributed by atoms with van der Waals surface area (Å²) >= 11 is 3.51. The van der Waals surface area contributed by atoms with Gasteiger partial charge < -0.3 is 4.74 Å². The van der Waals surface area contributed by atoms with Crippen molar-refractivity contribution >= 4 is 43.4 Å². The molecule has 0 aliphatic heterocycles. The van der Waals surface area contributed by atoms with Crippen LogP contribution in [0.5, 0.6) is 0 Å². The first-order valence-electron chi connectivity index (χ1n) is 5.90. The van der Waals surface area contributed by atoms with Gasteiger partial charge in [-0.2, -0.15) is 0 Å². The highest BCUT2D eigenvalue weighted by molar-refractivity contribution is 9.10. The van der Waals surface area contributed by atoms with Crippen LogP contribution in [0.3, 0.4) is 0 Å². The molecule has 0 N–H and O–H groups in total. The minimum absolute atomic E-state index is 0.332. The van der Waals surface area contributed by atoms with Gasteiger partial charge in [0.25, 0.3) is 0 Å². The quantitative estimate of drug-likeness (QED) is 0.487. The first-order valence-corrected chi connectivity index (χ1v) is 6.69. The van der Waals surface area contributed by atoms with Crippen LogP contribution in [0.1, 0.15) is 10.4 Å². The van der Waals surface area contributed by atoms with E-state index in [1.807, 2.05) is 18.2 Å². The van der Waals surface area contributed by atoms with Crippen LogP contribution in [0.25, 0.3) is 21.5 Å². The summed E-state index contributed by atoms with van der Waals surface area (Å²) in [5.74, 6) is -0.332. The summed E-state index contributed by atoms with van der Waals surface area (Å²) in [5, 5.41) is 4.45. The number of carbonyl (C=O) groups excluding carboxylic acids is 1. The lowest BCUT2D eigenvalue weighted by molar-refractivity contribution is 0.0600. The molecule has 0 spiro atoms. The van der Waals surface area contributed by atoms with E-state index in [1.54, 1.807) is 6.07 Å². The van der Waals surface area contributed by atoms with Crippen molar-refractivity contribution < 1.29 is 9.53 Å². The number of hydrogen-bond donors (Lipinski definition) is 0. The summed E-state index contributed by atoms with van der Waals surface area (Å²) < 4.78 is 5.56. The predicted octanol–water partition coefficient (Wildman–Crippen LogP) is 4.54. The van der Waals surface area contributed by atoms with Crippen LogP contribution in [0.4, 0.5) is 0 Å². The lowest BCUT2D eigenvalue weighted by Gasteiger charge is -2.08. The Labute approximate surface area is 119 Å². The number of hydrogen-bond acceptors (Lipinski definition) is 2. The van der Waals surface area contributed by atoms with Gasteiger partial charge >= 0.3 is 5.97 Å². The van der Waals surface area contributed by atoms with E-state index < -0.39 is 0 Å². The molecule has 3 aromatic carbocycles. The number of ether oxygens (including phenoxy) is 1. The third kappa shape index (κ3) is 2.00. The molecule has 0 unspecified atom stereocenters. The average Bonchev–Trinajstić information content (AvgIpc) is 2.45. The zero-order valence-electron chi connectivity index (χ0n) is 10.3. The van der Waals surface area contributed by atoms with Crippen molar-refractivity contribution in [2.24, 2.45) is 0 Å². The largest absolute Gasteiger partial charge is 0.465 e. The molecule has 3 aromatic rings. The van der Waals surface area contributed by atoms with Gasteiger partial charge in [-0.1, -0.05) is 30.3 Å². The fraction of sp³-hybridized carbons (Fsp3) is 0.0625. The SMILES string of the molecule is COC(=O)c1ccc2cc3ccccc3cc2c1Br. The van der Waals surface area contributed by atoms with Gasteiger partial charge in [0.05, 0.1) is 12.7 Å². The van der Waals surface area contributed by atoms with Gasteiger partial charge in [-0.3, -0.25) is 0 Å². The molecule has 19 heavy (non-hydrogen) atoms. The van der Waals surface area contributed by atoms with E-state index >= 15 is 0 Å². The predicted molar refractivity (Wildman–Crippen MR) is 80.5 cm³/mol. The molecular weight excluding hydrogens is 304 g/mol. The molecule has 0 aliphatic carbocycles. The van der Waals surface area contributed by atoms with Gasteiger partial charge in [-0.25, -0.2) is 4.79 Å². The van der Waals surface area contributed by atoms with Crippen molar-refractivity contribution in [3.05, 3.63) is 58.6 Å². The second-order valence-corrected chi connectivity index (χ2v) is 5.13. The molecule has 0 amide bonds. The molecule has 3 heteroatoms. The van der Waals surface area contributed by atoms with Crippen LogP contribution < -0.4 is 0 Å². The molecule has 0 atom stereocenters. The summed E-state index contributed by atoms with van der Waals surface area (Å²) in [5.41, 5.74) is 0.547. The third-order valence-corrected chi connectivity index (χ3v) is 4.08. The van der Waals surface area contributed by atoms with Crippen LogP contribution in [0.2, 0.25) is 0 Å². The van der Waals surface area contributed by atoms with Gasteiger partial charge in [-0.15, -0.1) is 0 Å². The molecule has 0 heterocycles. The van der Waals surface area contributed by atoms with E-state index in [1.165, 1.54) is 12.5 Å². The van der Waals surface area contributed by atoms with E-state index in [0.717, 1.165) is 20.6 Å². The molecule has 94 valence electrons. The number of fused-ring (bicyclic) bond motifs is 2. The number of methoxy groups -OCH3 is 1. The fourth-order valence-electron chi connectivity index (χ4n) is 2.24. The van der Waals surface area contributed by atoms with E-state index in [4.69, 9.17) is 4.74 Å². The zero-order valence-corrected chi connectivity index (χ0v) is 11.9. The highest BCUT2D eigenvalue weighted by atomic mass is 79.9. The van der Waals surface area contributed by atoms with E-state index in [9.17, 15) is 4.79 Å². The lowest BCUT2D eigenvalue weighted by atomic mass is 10.0. The van der Waals surface area contributed by atoms with Crippen LogP contribution in [0.15, 0.2) is 53.0 Å². The molecule has 0 aliphatic rings. The number of carbonyl (C=O) groups is 1. The monoisotopic (exact) mass is 314 g/mol. The van der Waals surface area contributed by atoms with Crippen LogP contribution in [-0.2, 0) is 4.74 Å². The van der Waals surface area contributed by atoms with Crippen molar-refractivity contribution in [3.8, 4) is 0 Å². The topological polar surface area (TPSA) is 26.3 Å². The van der Waals surface area contributed by atoms with Gasteiger partial charge in [0.1, 0.15) is 0 Å². The maximum Gasteiger partial charge on any atom is 0.339 e. The number of halogens is 1. The summed E-state index contributed by atoms with van der Waals surface area (Å²) in [6.07, 6.45) is 0. The molecule has 0 radical (unpaired) electrons. The fourth-order valence-corrected chi connectivity index (χ4v) is 2.88. The molecule has 0 saturated heterocycles. The number of rotatable bonds is 1. The minimum atomic E-state index is -0.332. The molecule has 0 saturated carbocycles. The standard InChI is InChI=1S/C16H11BrO2/c1-19-16(18)13-7-6-12-8-10-4-2-3-5-11(10)9-14(12)15(13)17/h2-9H,1H3. The average molecular weight is 315 g/mol. The summed E-state index contributed by atoms with van der Waals surface area (Å²) in [7, 11) is 1.39. The van der Waals surface area contributed by atoms with Gasteiger partial charge in [0.2, 0.25) is 0 Å². The summed E-state index contributed by atoms with van der Waals surface area (Å²) in [6.45, 7) is 0. The molecule has 2 nitrogen and oxygen atoms in total. The van der Waals surface area contributed by atoms with Gasteiger partial charge in [-0.05, 0) is 55.7 Å². The maximum atomic E-state index is 11.7.